The molecule has 7 saturated heterocycles. The Balaban J connectivity index is 1.24. The molecule has 0 aromatic heterocycles. The number of carbonyl (C=O) groups excluding carboxylic acids is 3. The molecule has 0 radical (unpaired) electrons. The summed E-state index contributed by atoms with van der Waals surface area (Å²) in [7, 11) is 1.10. The van der Waals surface area contributed by atoms with Crippen LogP contribution in [0.1, 0.15) is 47.0 Å². The monoisotopic (exact) mass is 1420 g/mol. The van der Waals surface area contributed by atoms with Crippen LogP contribution in [-0.4, -0.2) is 388 Å². The molecule has 0 aromatic carbocycles. The first kappa shape index (κ1) is 81.3. The van der Waals surface area contributed by atoms with Gasteiger partial charge in [0, 0.05) is 30.8 Å². The lowest BCUT2D eigenvalue weighted by Crippen LogP contribution is -2.69. The number of aliphatic hydroxyl groups excluding tert-OH is 21. The van der Waals surface area contributed by atoms with Crippen LogP contribution in [0.5, 0.6) is 0 Å². The maximum absolute atomic E-state index is 12.7. The molecule has 7 aliphatic heterocycles. The van der Waals surface area contributed by atoms with E-state index in [0.29, 0.717) is 0 Å². The van der Waals surface area contributed by atoms with Gasteiger partial charge in [-0.2, -0.15) is 0 Å². The van der Waals surface area contributed by atoms with E-state index in [-0.39, 0.29) is 19.4 Å². The third-order valence-electron chi connectivity index (χ3n) is 18.8. The van der Waals surface area contributed by atoms with Gasteiger partial charge in [0.15, 0.2) is 25.2 Å². The van der Waals surface area contributed by atoms with E-state index in [1.165, 1.54) is 27.7 Å². The highest BCUT2D eigenvalue weighted by molar-refractivity contribution is 5.38. The van der Waals surface area contributed by atoms with E-state index in [4.69, 9.17) is 80.5 Å². The zero-order valence-electron chi connectivity index (χ0n) is 53.1. The van der Waals surface area contributed by atoms with Gasteiger partial charge in [0.05, 0.1) is 108 Å². The Morgan fingerprint density at radius 2 is 0.773 bits per heavy atom. The Labute approximate surface area is 552 Å². The molecule has 0 aromatic rings. The Morgan fingerprint density at radius 1 is 0.402 bits per heavy atom. The topological polar surface area (TPSA) is 633 Å². The molecule has 21 N–H and O–H groups in total. The highest BCUT2D eigenvalue weighted by Gasteiger charge is 2.63. The standard InChI is InChI=1S/C56H94O41/c1-19-23(67)6-54(82-16-64,93-43(19)33(72)26(70)9-57)92-30(13-61)37(76)45-21(3)25(69)8-56(95-45,84-18-66)97-49-41(80)53(90-46-31(14-62)87-51(81-5)39(78)38(46)77)88-32(15-63)47(49)91-50-22(4)42(35(74)28(11-59)85-50)89-52-40(79)48(36(75)29(12-60)86-52)96-55(83-17-65)7-24(68)20(2)44(94-55)34(73)27(71)10-58/h16-53,57-63,67-80H,6-15H2,1-5H3/t19-,20-,21-,22?,23-,24-,25-,26-,27-,28?,29?,30-,31?,32?,33-,34-,35+,36+,37-,38-,39?,40?,41?,42-,43?,44?,45?,46-,47+,48+,49-,50+,51-,52+,53+,54-,55+,56+/m1/s1. The van der Waals surface area contributed by atoms with Crippen molar-refractivity contribution in [1.29, 1.82) is 0 Å². The van der Waals surface area contributed by atoms with Crippen LogP contribution < -0.4 is 0 Å². The Bertz CT molecular complexity index is 2410. The molecule has 564 valence electrons. The molecule has 0 spiro atoms. The van der Waals surface area contributed by atoms with Gasteiger partial charge in [-0.15, -0.1) is 0 Å². The van der Waals surface area contributed by atoms with Crippen LogP contribution in [0.3, 0.4) is 0 Å². The molecule has 7 fully saturated rings. The second-order valence-corrected chi connectivity index (χ2v) is 25.0. The van der Waals surface area contributed by atoms with E-state index >= 15 is 0 Å². The van der Waals surface area contributed by atoms with Crippen molar-refractivity contribution in [2.75, 3.05) is 53.4 Å². The van der Waals surface area contributed by atoms with Gasteiger partial charge in [-0.25, -0.2) is 0 Å². The molecule has 41 heteroatoms. The molecule has 0 saturated carbocycles. The maximum Gasteiger partial charge on any atom is 0.332 e. The maximum atomic E-state index is 12.7. The summed E-state index contributed by atoms with van der Waals surface area (Å²) >= 11 is 0. The fourth-order valence-corrected chi connectivity index (χ4v) is 12.9. The van der Waals surface area contributed by atoms with Crippen LogP contribution in [0.2, 0.25) is 0 Å². The smallest absolute Gasteiger partial charge is 0.332 e. The SMILES string of the molecule is CO[C@@H]1OC(CO)[C@@H](O[C@@H]2OC(CO)[C@H](O[C@@H]3OC(CO)[C@H](O)[C@H](O[C@@H]4OC(CO)[C@H](O)[C@H](O[C@]5(OC=O)C[C@@H](O)[C@@H](C)C([C@H](O)[C@H](O)CO)O5)C4O)C3C)[C@H](O[C@]3(OC=O)C[C@@H](O)[C@@H](C)C([C@H](O)[C@@H](CO)O[C@]4(OC=O)C[C@@H](O)[C@@H](C)C([C@H](O)[C@H](O)CO)O4)O3)C2O)[C@H](O)C1O. The fraction of sp³-hybridized carbons (Fsp3) is 0.946. The summed E-state index contributed by atoms with van der Waals surface area (Å²) in [6.07, 6.45) is -63.3. The minimum atomic E-state index is -3.12. The third-order valence-corrected chi connectivity index (χ3v) is 18.8. The number of rotatable bonds is 32. The van der Waals surface area contributed by atoms with E-state index in [1.54, 1.807) is 0 Å². The number of carbonyl (C=O) groups is 3. The number of ether oxygens (including phenoxy) is 17. The third kappa shape index (κ3) is 17.5. The van der Waals surface area contributed by atoms with E-state index in [2.05, 4.69) is 0 Å². The zero-order chi connectivity index (χ0) is 71.9. The van der Waals surface area contributed by atoms with Gasteiger partial charge >= 0.3 is 17.9 Å². The van der Waals surface area contributed by atoms with Crippen LogP contribution in [-0.2, 0) is 94.9 Å². The summed E-state index contributed by atoms with van der Waals surface area (Å²) in [6, 6.07) is 0. The average Bonchev–Trinajstić information content (AvgIpc) is 0.764. The molecule has 11 unspecified atom stereocenters. The summed E-state index contributed by atoms with van der Waals surface area (Å²) in [6.45, 7) is -3.11. The van der Waals surface area contributed by atoms with Crippen LogP contribution in [0.15, 0.2) is 0 Å². The van der Waals surface area contributed by atoms with Crippen molar-refractivity contribution in [3.63, 3.8) is 0 Å². The lowest BCUT2D eigenvalue weighted by atomic mass is 9.86. The Kier molecular flexibility index (Phi) is 29.3. The molecule has 38 atom stereocenters. The van der Waals surface area contributed by atoms with Gasteiger partial charge < -0.3 is 188 Å². The highest BCUT2D eigenvalue weighted by atomic mass is 16.9. The second kappa shape index (κ2) is 35.0. The molecule has 7 rings (SSSR count). The molecule has 41 nitrogen and oxygen atoms in total. The van der Waals surface area contributed by atoms with Crippen LogP contribution in [0.4, 0.5) is 0 Å². The van der Waals surface area contributed by atoms with Crippen molar-refractivity contribution in [2.24, 2.45) is 23.7 Å². The Hall–Kier alpha value is -2.99. The minimum Gasteiger partial charge on any atom is -0.410 e. The van der Waals surface area contributed by atoms with Crippen molar-refractivity contribution >= 4 is 19.4 Å². The molecular formula is C56H94O41. The average molecular weight is 1420 g/mol. The van der Waals surface area contributed by atoms with E-state index < -0.39 is 297 Å². The van der Waals surface area contributed by atoms with Crippen molar-refractivity contribution in [3.8, 4) is 0 Å². The van der Waals surface area contributed by atoms with Crippen LogP contribution >= 0.6 is 0 Å². The van der Waals surface area contributed by atoms with Gasteiger partial charge in [-0.05, 0) is 0 Å². The highest BCUT2D eigenvalue weighted by Crippen LogP contribution is 2.46. The van der Waals surface area contributed by atoms with Crippen molar-refractivity contribution in [3.05, 3.63) is 0 Å². The first-order chi connectivity index (χ1) is 45.9. The largest absolute Gasteiger partial charge is 0.410 e. The number of methoxy groups -OCH3 is 1. The Morgan fingerprint density at radius 3 is 1.23 bits per heavy atom. The predicted molar refractivity (Wildman–Crippen MR) is 299 cm³/mol. The quantitative estimate of drug-likeness (QED) is 0.0169. The minimum absolute atomic E-state index is 0.219. The first-order valence-corrected chi connectivity index (χ1v) is 31.2. The molecule has 0 bridgehead atoms. The lowest BCUT2D eigenvalue weighted by Gasteiger charge is -2.53. The summed E-state index contributed by atoms with van der Waals surface area (Å²) in [5, 5.41) is 231. The van der Waals surface area contributed by atoms with Gasteiger partial charge in [-0.1, -0.05) is 27.7 Å². The molecule has 7 heterocycles. The number of aliphatic hydroxyl groups is 21. The van der Waals surface area contributed by atoms with E-state index in [1.807, 2.05) is 0 Å². The van der Waals surface area contributed by atoms with Gasteiger partial charge in [0.1, 0.15) is 122 Å². The second-order valence-electron chi connectivity index (χ2n) is 25.0. The summed E-state index contributed by atoms with van der Waals surface area (Å²) in [4.78, 5) is 36.8. The van der Waals surface area contributed by atoms with Crippen molar-refractivity contribution < 1.29 is 202 Å². The first-order valence-electron chi connectivity index (χ1n) is 31.2. The van der Waals surface area contributed by atoms with E-state index in [0.717, 1.165) is 7.11 Å². The van der Waals surface area contributed by atoms with Crippen molar-refractivity contribution in [2.45, 2.75) is 255 Å². The van der Waals surface area contributed by atoms with Gasteiger partial charge in [0.25, 0.3) is 19.4 Å². The zero-order valence-corrected chi connectivity index (χ0v) is 53.1. The van der Waals surface area contributed by atoms with Gasteiger partial charge in [-0.3, -0.25) is 14.4 Å². The van der Waals surface area contributed by atoms with Gasteiger partial charge in [0.2, 0.25) is 0 Å². The lowest BCUT2D eigenvalue weighted by molar-refractivity contribution is -0.461. The number of hydrogen-bond acceptors (Lipinski definition) is 41. The molecule has 0 amide bonds. The van der Waals surface area contributed by atoms with Crippen LogP contribution in [0, 0.1) is 23.7 Å². The number of hydrogen-bond donors (Lipinski definition) is 21. The van der Waals surface area contributed by atoms with E-state index in [9.17, 15) is 122 Å². The summed E-state index contributed by atoms with van der Waals surface area (Å²) < 4.78 is 98.7. The van der Waals surface area contributed by atoms with Crippen LogP contribution in [0.25, 0.3) is 0 Å². The molecule has 0 aliphatic carbocycles. The predicted octanol–water partition coefficient (Wildman–Crippen LogP) is -12.8. The fourth-order valence-electron chi connectivity index (χ4n) is 12.9. The summed E-state index contributed by atoms with van der Waals surface area (Å²) in [5.74, 6) is -13.8. The summed E-state index contributed by atoms with van der Waals surface area (Å²) in [5.41, 5.74) is 0. The molecular weight excluding hydrogens is 1330 g/mol. The molecule has 7 aliphatic rings. The normalized spacial score (nSPS) is 47.1. The molecule has 97 heavy (non-hydrogen) atoms. The van der Waals surface area contributed by atoms with Crippen molar-refractivity contribution in [1.82, 2.24) is 0 Å².